The number of halogens is 2. The van der Waals surface area contributed by atoms with Gasteiger partial charge in [-0.15, -0.1) is 0 Å². The van der Waals surface area contributed by atoms with Crippen LogP contribution in [0.3, 0.4) is 0 Å². The lowest BCUT2D eigenvalue weighted by Gasteiger charge is -2.29. The largest absolute Gasteiger partial charge is 0.478 e. The van der Waals surface area contributed by atoms with Crippen LogP contribution in [0, 0.1) is 5.82 Å². The second-order valence-electron chi connectivity index (χ2n) is 4.50. The Bertz CT molecular complexity index is 483. The van der Waals surface area contributed by atoms with E-state index in [0.29, 0.717) is 30.8 Å². The van der Waals surface area contributed by atoms with Crippen LogP contribution in [-0.2, 0) is 9.53 Å². The van der Waals surface area contributed by atoms with Crippen LogP contribution in [0.5, 0.6) is 5.75 Å². The van der Waals surface area contributed by atoms with Crippen LogP contribution >= 0.6 is 15.9 Å². The zero-order chi connectivity index (χ0) is 14.7. The number of carbonyl (C=O) groups is 1. The van der Waals surface area contributed by atoms with Gasteiger partial charge in [-0.1, -0.05) is 0 Å². The lowest BCUT2D eigenvalue weighted by molar-refractivity contribution is -0.142. The molecular weight excluding hydrogens is 331 g/mol. The average molecular weight is 347 g/mol. The Kier molecular flexibility index (Phi) is 4.82. The molecule has 20 heavy (non-hydrogen) atoms. The molecule has 1 aliphatic rings. The Morgan fingerprint density at radius 1 is 1.50 bits per heavy atom. The minimum absolute atomic E-state index is 0.135. The van der Waals surface area contributed by atoms with Gasteiger partial charge in [0, 0.05) is 19.2 Å². The Morgan fingerprint density at radius 2 is 2.15 bits per heavy atom. The summed E-state index contributed by atoms with van der Waals surface area (Å²) in [6.07, 6.45) is -0.697. The molecule has 1 aliphatic heterocycles. The molecule has 1 amide bonds. The fourth-order valence-electron chi connectivity index (χ4n) is 1.97. The number of nitrogens with zero attached hydrogens (tertiary/aromatic N) is 1. The summed E-state index contributed by atoms with van der Waals surface area (Å²) in [4.78, 5) is 13.9. The van der Waals surface area contributed by atoms with E-state index in [0.717, 1.165) is 6.07 Å². The third-order valence-electron chi connectivity index (χ3n) is 3.00. The molecule has 0 aromatic heterocycles. The summed E-state index contributed by atoms with van der Waals surface area (Å²) in [7, 11) is 0. The number of morpholine rings is 1. The monoisotopic (exact) mass is 346 g/mol. The van der Waals surface area contributed by atoms with E-state index in [1.807, 2.05) is 0 Å². The van der Waals surface area contributed by atoms with Gasteiger partial charge >= 0.3 is 0 Å². The van der Waals surface area contributed by atoms with Crippen LogP contribution in [0.15, 0.2) is 16.6 Å². The van der Waals surface area contributed by atoms with Crippen LogP contribution in [0.4, 0.5) is 10.1 Å². The normalized spacial score (nSPS) is 16.9. The van der Waals surface area contributed by atoms with Crippen molar-refractivity contribution in [2.24, 2.45) is 0 Å². The molecule has 1 unspecified atom stereocenters. The predicted octanol–water partition coefficient (Wildman–Crippen LogP) is 1.80. The van der Waals surface area contributed by atoms with E-state index in [1.54, 1.807) is 11.8 Å². The summed E-state index contributed by atoms with van der Waals surface area (Å²) < 4.78 is 24.3. The number of benzene rings is 1. The highest BCUT2D eigenvalue weighted by Crippen LogP contribution is 2.33. The maximum atomic E-state index is 13.1. The van der Waals surface area contributed by atoms with E-state index in [-0.39, 0.29) is 17.3 Å². The molecule has 1 saturated heterocycles. The first-order valence-electron chi connectivity index (χ1n) is 6.26. The molecule has 0 radical (unpaired) electrons. The first-order chi connectivity index (χ1) is 9.49. The third kappa shape index (κ3) is 3.40. The van der Waals surface area contributed by atoms with Gasteiger partial charge in [-0.05, 0) is 28.9 Å². The molecule has 1 aromatic rings. The lowest BCUT2D eigenvalue weighted by atomic mass is 10.2. The van der Waals surface area contributed by atoms with Crippen LogP contribution in [-0.4, -0.2) is 43.2 Å². The van der Waals surface area contributed by atoms with Gasteiger partial charge in [0.1, 0.15) is 5.82 Å². The molecular formula is C13H16BrFN2O3. The van der Waals surface area contributed by atoms with Gasteiger partial charge in [0.2, 0.25) is 0 Å². The highest BCUT2D eigenvalue weighted by atomic mass is 79.9. The maximum absolute atomic E-state index is 13.1. The van der Waals surface area contributed by atoms with Crippen molar-refractivity contribution in [1.29, 1.82) is 0 Å². The summed E-state index contributed by atoms with van der Waals surface area (Å²) in [6, 6.07) is 2.41. The highest BCUT2D eigenvalue weighted by molar-refractivity contribution is 9.10. The van der Waals surface area contributed by atoms with Gasteiger partial charge in [-0.3, -0.25) is 4.79 Å². The predicted molar refractivity (Wildman–Crippen MR) is 76.0 cm³/mol. The van der Waals surface area contributed by atoms with E-state index in [9.17, 15) is 9.18 Å². The SMILES string of the molecule is CC(Oc1c(N)cc(F)cc1Br)C(=O)N1CCOCC1. The number of nitrogens with two attached hydrogens (primary N) is 1. The standard InChI is InChI=1S/C13H16BrFN2O3/c1-8(13(18)17-2-4-19-5-3-17)20-12-10(14)6-9(15)7-11(12)16/h6-8H,2-5,16H2,1H3. The maximum Gasteiger partial charge on any atom is 0.263 e. The number of hydrogen-bond donors (Lipinski definition) is 1. The molecule has 1 heterocycles. The average Bonchev–Trinajstić information content (AvgIpc) is 2.42. The smallest absolute Gasteiger partial charge is 0.263 e. The van der Waals surface area contributed by atoms with E-state index in [2.05, 4.69) is 15.9 Å². The molecule has 0 spiro atoms. The molecule has 5 nitrogen and oxygen atoms in total. The second kappa shape index (κ2) is 6.41. The molecule has 1 fully saturated rings. The van der Waals surface area contributed by atoms with Crippen molar-refractivity contribution >= 4 is 27.5 Å². The zero-order valence-electron chi connectivity index (χ0n) is 11.1. The van der Waals surface area contributed by atoms with E-state index in [4.69, 9.17) is 15.2 Å². The van der Waals surface area contributed by atoms with E-state index < -0.39 is 11.9 Å². The number of anilines is 1. The number of hydrogen-bond acceptors (Lipinski definition) is 4. The number of rotatable bonds is 3. The van der Waals surface area contributed by atoms with Gasteiger partial charge < -0.3 is 20.1 Å². The van der Waals surface area contributed by atoms with Crippen molar-refractivity contribution in [3.8, 4) is 5.75 Å². The Morgan fingerprint density at radius 3 is 2.75 bits per heavy atom. The number of ether oxygens (including phenoxy) is 2. The molecule has 1 atom stereocenters. The molecule has 110 valence electrons. The van der Waals surface area contributed by atoms with Crippen molar-refractivity contribution in [2.75, 3.05) is 32.0 Å². The number of nitrogen functional groups attached to an aromatic ring is 1. The van der Waals surface area contributed by atoms with Crippen LogP contribution in [0.25, 0.3) is 0 Å². The van der Waals surface area contributed by atoms with Gasteiger partial charge in [-0.25, -0.2) is 4.39 Å². The lowest BCUT2D eigenvalue weighted by Crippen LogP contribution is -2.46. The summed E-state index contributed by atoms with van der Waals surface area (Å²) in [5.41, 5.74) is 5.86. The molecule has 2 rings (SSSR count). The summed E-state index contributed by atoms with van der Waals surface area (Å²) in [5, 5.41) is 0. The van der Waals surface area contributed by atoms with Crippen molar-refractivity contribution in [3.05, 3.63) is 22.4 Å². The molecule has 0 aliphatic carbocycles. The van der Waals surface area contributed by atoms with Crippen LogP contribution in [0.2, 0.25) is 0 Å². The van der Waals surface area contributed by atoms with E-state index >= 15 is 0 Å². The Hall–Kier alpha value is -1.34. The van der Waals surface area contributed by atoms with Crippen molar-refractivity contribution in [1.82, 2.24) is 4.90 Å². The van der Waals surface area contributed by atoms with Crippen LogP contribution < -0.4 is 10.5 Å². The van der Waals surface area contributed by atoms with Gasteiger partial charge in [0.15, 0.2) is 11.9 Å². The van der Waals surface area contributed by atoms with Gasteiger partial charge in [0.25, 0.3) is 5.91 Å². The van der Waals surface area contributed by atoms with Gasteiger partial charge in [-0.2, -0.15) is 0 Å². The summed E-state index contributed by atoms with van der Waals surface area (Å²) in [6.45, 7) is 3.80. The van der Waals surface area contributed by atoms with Crippen molar-refractivity contribution < 1.29 is 18.7 Å². The fraction of sp³-hybridized carbons (Fsp3) is 0.462. The Balaban J connectivity index is 2.07. The second-order valence-corrected chi connectivity index (χ2v) is 5.36. The quantitative estimate of drug-likeness (QED) is 0.847. The molecule has 0 saturated carbocycles. The van der Waals surface area contributed by atoms with E-state index in [1.165, 1.54) is 6.07 Å². The first kappa shape index (κ1) is 15.1. The van der Waals surface area contributed by atoms with Crippen LogP contribution in [0.1, 0.15) is 6.92 Å². The van der Waals surface area contributed by atoms with Gasteiger partial charge in [0.05, 0.1) is 23.4 Å². The van der Waals surface area contributed by atoms with Crippen molar-refractivity contribution in [2.45, 2.75) is 13.0 Å². The van der Waals surface area contributed by atoms with Crippen molar-refractivity contribution in [3.63, 3.8) is 0 Å². The molecule has 2 N–H and O–H groups in total. The molecule has 1 aromatic carbocycles. The zero-order valence-corrected chi connectivity index (χ0v) is 12.7. The molecule has 7 heteroatoms. The Labute approximate surface area is 125 Å². The minimum Gasteiger partial charge on any atom is -0.478 e. The molecule has 0 bridgehead atoms. The number of amides is 1. The minimum atomic E-state index is -0.697. The topological polar surface area (TPSA) is 64.8 Å². The fourth-order valence-corrected chi connectivity index (χ4v) is 2.51. The highest BCUT2D eigenvalue weighted by Gasteiger charge is 2.25. The third-order valence-corrected chi connectivity index (χ3v) is 3.59. The number of carbonyl (C=O) groups excluding carboxylic acids is 1. The summed E-state index contributed by atoms with van der Waals surface area (Å²) in [5.74, 6) is -0.321. The first-order valence-corrected chi connectivity index (χ1v) is 7.06. The summed E-state index contributed by atoms with van der Waals surface area (Å²) >= 11 is 3.18.